The fourth-order valence-corrected chi connectivity index (χ4v) is 6.11. The summed E-state index contributed by atoms with van der Waals surface area (Å²) in [5, 5.41) is 0. The minimum atomic E-state index is -1.81. The molecule has 5 rings (SSSR count). The highest BCUT2D eigenvalue weighted by Crippen LogP contribution is 2.55. The lowest BCUT2D eigenvalue weighted by Gasteiger charge is -2.39. The maximum Gasteiger partial charge on any atom is 0.509 e. The molecule has 1 aromatic rings. The standard InChI is InChI=1S/C26H30Cl3NO8/c1-4-24(2,38-23(32)34-13-26(27,28)29)22(31)37-21-19(33-3)12-25-7-5-8-30(25)9-6-15-10-17-18(36-14-35-17)11-16(15)20(21)25/h10-12,20-21H,4-9,13-14H2,1-3H3/t20-,21-,24?,25+/m1/s1. The normalized spacial score (nSPS) is 27.3. The Kier molecular flexibility index (Phi) is 7.35. The third kappa shape index (κ3) is 4.87. The number of rotatable bonds is 6. The average Bonchev–Trinajstić information content (AvgIpc) is 3.56. The molecule has 1 unspecified atom stereocenters. The van der Waals surface area contributed by atoms with Crippen LogP contribution in [0.5, 0.6) is 11.5 Å². The molecule has 12 heteroatoms. The van der Waals surface area contributed by atoms with Crippen LogP contribution in [-0.2, 0) is 30.2 Å². The van der Waals surface area contributed by atoms with E-state index in [-0.39, 0.29) is 24.7 Å². The van der Waals surface area contributed by atoms with Gasteiger partial charge in [-0.3, -0.25) is 4.90 Å². The Labute approximate surface area is 236 Å². The number of carbonyl (C=O) groups excluding carboxylic acids is 2. The van der Waals surface area contributed by atoms with Crippen LogP contribution in [0.2, 0.25) is 0 Å². The Morgan fingerprint density at radius 1 is 1.18 bits per heavy atom. The van der Waals surface area contributed by atoms with E-state index in [4.69, 9.17) is 63.2 Å². The van der Waals surface area contributed by atoms with Crippen molar-refractivity contribution in [2.75, 3.05) is 33.6 Å². The maximum atomic E-state index is 13.6. The molecule has 0 N–H and O–H groups in total. The monoisotopic (exact) mass is 589 g/mol. The van der Waals surface area contributed by atoms with E-state index in [9.17, 15) is 9.59 Å². The van der Waals surface area contributed by atoms with E-state index >= 15 is 0 Å². The molecule has 0 aromatic heterocycles. The van der Waals surface area contributed by atoms with Crippen molar-refractivity contribution >= 4 is 46.9 Å². The second kappa shape index (κ2) is 10.2. The van der Waals surface area contributed by atoms with Gasteiger partial charge in [0, 0.05) is 6.54 Å². The lowest BCUT2D eigenvalue weighted by atomic mass is 9.77. The third-order valence-corrected chi connectivity index (χ3v) is 8.29. The van der Waals surface area contributed by atoms with Crippen LogP contribution < -0.4 is 9.47 Å². The molecular weight excluding hydrogens is 561 g/mol. The van der Waals surface area contributed by atoms with Gasteiger partial charge in [-0.1, -0.05) is 41.7 Å². The molecule has 0 amide bonds. The zero-order chi connectivity index (χ0) is 27.3. The fraction of sp³-hybridized carbons (Fsp3) is 0.615. The van der Waals surface area contributed by atoms with Crippen molar-refractivity contribution in [3.63, 3.8) is 0 Å². The molecule has 0 saturated carbocycles. The van der Waals surface area contributed by atoms with Gasteiger partial charge >= 0.3 is 12.1 Å². The van der Waals surface area contributed by atoms with Gasteiger partial charge in [0.2, 0.25) is 16.2 Å². The fourth-order valence-electron chi connectivity index (χ4n) is 5.95. The molecule has 208 valence electrons. The average molecular weight is 591 g/mol. The first-order valence-corrected chi connectivity index (χ1v) is 13.7. The number of esters is 1. The summed E-state index contributed by atoms with van der Waals surface area (Å²) >= 11 is 17.0. The lowest BCUT2D eigenvalue weighted by molar-refractivity contribution is -0.173. The molecule has 1 aliphatic carbocycles. The summed E-state index contributed by atoms with van der Waals surface area (Å²) in [6, 6.07) is 4.03. The number of benzene rings is 1. The smallest absolute Gasteiger partial charge is 0.497 e. The van der Waals surface area contributed by atoms with Crippen LogP contribution in [0.25, 0.3) is 0 Å². The molecule has 0 bridgehead atoms. The van der Waals surface area contributed by atoms with E-state index < -0.39 is 34.2 Å². The van der Waals surface area contributed by atoms with Crippen LogP contribution >= 0.6 is 34.8 Å². The van der Waals surface area contributed by atoms with Crippen molar-refractivity contribution in [3.8, 4) is 11.5 Å². The molecule has 0 radical (unpaired) electrons. The Balaban J connectivity index is 1.46. The molecule has 38 heavy (non-hydrogen) atoms. The van der Waals surface area contributed by atoms with Gasteiger partial charge in [0.15, 0.2) is 17.6 Å². The van der Waals surface area contributed by atoms with Gasteiger partial charge in [-0.2, -0.15) is 0 Å². The minimum absolute atomic E-state index is 0.130. The van der Waals surface area contributed by atoms with Gasteiger partial charge < -0.3 is 28.4 Å². The maximum absolute atomic E-state index is 13.6. The molecule has 1 spiro atoms. The number of carbonyl (C=O) groups is 2. The number of alkyl halides is 3. The molecule has 3 aliphatic heterocycles. The summed E-state index contributed by atoms with van der Waals surface area (Å²) in [7, 11) is 1.57. The summed E-state index contributed by atoms with van der Waals surface area (Å²) in [4.78, 5) is 28.4. The number of fused-ring (bicyclic) bond motifs is 3. The van der Waals surface area contributed by atoms with Crippen LogP contribution in [0.4, 0.5) is 4.79 Å². The second-order valence-electron chi connectivity index (χ2n) is 10.1. The predicted molar refractivity (Wildman–Crippen MR) is 139 cm³/mol. The quantitative estimate of drug-likeness (QED) is 0.334. The molecule has 1 fully saturated rings. The second-order valence-corrected chi connectivity index (χ2v) is 12.6. The van der Waals surface area contributed by atoms with Crippen LogP contribution in [0.15, 0.2) is 24.0 Å². The number of methoxy groups -OCH3 is 1. The first-order chi connectivity index (χ1) is 18.0. The van der Waals surface area contributed by atoms with E-state index in [0.29, 0.717) is 17.3 Å². The summed E-state index contributed by atoms with van der Waals surface area (Å²) in [6.07, 6.45) is 3.06. The third-order valence-electron chi connectivity index (χ3n) is 7.97. The Morgan fingerprint density at radius 2 is 1.92 bits per heavy atom. The summed E-state index contributed by atoms with van der Waals surface area (Å²) in [5.41, 5.74) is 0.115. The van der Waals surface area contributed by atoms with Crippen molar-refractivity contribution < 1.29 is 38.0 Å². The predicted octanol–water partition coefficient (Wildman–Crippen LogP) is 5.04. The molecule has 9 nitrogen and oxygen atoms in total. The summed E-state index contributed by atoms with van der Waals surface area (Å²) in [6.45, 7) is 4.58. The Hall–Kier alpha value is -2.07. The molecule has 1 aromatic carbocycles. The summed E-state index contributed by atoms with van der Waals surface area (Å²) in [5.74, 6) is 0.949. The first-order valence-electron chi connectivity index (χ1n) is 12.6. The van der Waals surface area contributed by atoms with Gasteiger partial charge in [-0.15, -0.1) is 0 Å². The van der Waals surface area contributed by atoms with Gasteiger partial charge in [-0.05, 0) is 68.5 Å². The zero-order valence-electron chi connectivity index (χ0n) is 21.4. The van der Waals surface area contributed by atoms with E-state index in [1.807, 2.05) is 12.1 Å². The zero-order valence-corrected chi connectivity index (χ0v) is 23.7. The molecular formula is C26H30Cl3NO8. The Morgan fingerprint density at radius 3 is 2.61 bits per heavy atom. The van der Waals surface area contributed by atoms with Crippen molar-refractivity contribution in [1.29, 1.82) is 0 Å². The molecule has 4 atom stereocenters. The van der Waals surface area contributed by atoms with Gasteiger partial charge in [0.25, 0.3) is 0 Å². The molecule has 1 saturated heterocycles. The lowest BCUT2D eigenvalue weighted by Crippen LogP contribution is -2.49. The van der Waals surface area contributed by atoms with Crippen molar-refractivity contribution in [1.82, 2.24) is 4.90 Å². The highest BCUT2D eigenvalue weighted by Gasteiger charge is 2.59. The van der Waals surface area contributed by atoms with E-state index in [0.717, 1.165) is 43.5 Å². The van der Waals surface area contributed by atoms with Crippen LogP contribution in [0, 0.1) is 0 Å². The van der Waals surface area contributed by atoms with Gasteiger partial charge in [0.05, 0.1) is 18.6 Å². The number of ether oxygens (including phenoxy) is 6. The molecule has 4 aliphatic rings. The summed E-state index contributed by atoms with van der Waals surface area (Å²) < 4.78 is 31.8. The number of hydrogen-bond acceptors (Lipinski definition) is 9. The van der Waals surface area contributed by atoms with Crippen LogP contribution in [-0.4, -0.2) is 71.7 Å². The topological polar surface area (TPSA) is 92.8 Å². The number of halogens is 3. The van der Waals surface area contributed by atoms with Crippen molar-refractivity contribution in [3.05, 3.63) is 35.1 Å². The van der Waals surface area contributed by atoms with Crippen LogP contribution in [0.1, 0.15) is 50.2 Å². The SMILES string of the molecule is CCC(C)(OC(=O)OCC(Cl)(Cl)Cl)C(=O)O[C@@H]1C(OC)=C[C@]23CCCN2CCc2cc4c(cc2[C@H]13)OCO4. The number of hydrogen-bond donors (Lipinski definition) is 0. The van der Waals surface area contributed by atoms with E-state index in [2.05, 4.69) is 11.0 Å². The van der Waals surface area contributed by atoms with E-state index in [1.165, 1.54) is 6.92 Å². The van der Waals surface area contributed by atoms with E-state index in [1.54, 1.807) is 14.0 Å². The van der Waals surface area contributed by atoms with Gasteiger partial charge in [0.1, 0.15) is 12.4 Å². The highest BCUT2D eigenvalue weighted by atomic mass is 35.6. The number of nitrogens with zero attached hydrogens (tertiary/aromatic N) is 1. The van der Waals surface area contributed by atoms with Crippen molar-refractivity contribution in [2.45, 2.75) is 66.5 Å². The molecule has 3 heterocycles. The van der Waals surface area contributed by atoms with Crippen molar-refractivity contribution in [2.24, 2.45) is 0 Å². The first kappa shape index (κ1) is 27.5. The van der Waals surface area contributed by atoms with Crippen LogP contribution in [0.3, 0.4) is 0 Å². The largest absolute Gasteiger partial charge is 0.509 e. The minimum Gasteiger partial charge on any atom is -0.497 e. The van der Waals surface area contributed by atoms with Gasteiger partial charge in [-0.25, -0.2) is 9.59 Å². The Bertz CT molecular complexity index is 1150. The highest BCUT2D eigenvalue weighted by molar-refractivity contribution is 6.67.